The first-order chi connectivity index (χ1) is 8.76. The zero-order valence-electron chi connectivity index (χ0n) is 10.6. The lowest BCUT2D eigenvalue weighted by atomic mass is 9.88. The van der Waals surface area contributed by atoms with E-state index in [9.17, 15) is 4.79 Å². The molecule has 0 radical (unpaired) electrons. The fraction of sp³-hybridized carbons (Fsp3) is 0.714. The van der Waals surface area contributed by atoms with Gasteiger partial charge >= 0.3 is 5.97 Å². The molecular weight excluding hydrogens is 230 g/mol. The van der Waals surface area contributed by atoms with Gasteiger partial charge in [-0.25, -0.2) is 0 Å². The van der Waals surface area contributed by atoms with E-state index in [1.54, 1.807) is 6.21 Å². The number of nitrogens with zero attached hydrogens (tertiary/aromatic N) is 1. The maximum Gasteiger partial charge on any atom is 0.313 e. The molecule has 1 N–H and O–H groups in total. The zero-order chi connectivity index (χ0) is 12.7. The van der Waals surface area contributed by atoms with Crippen LogP contribution < -0.4 is 0 Å². The van der Waals surface area contributed by atoms with Crippen molar-refractivity contribution in [3.8, 4) is 0 Å². The van der Waals surface area contributed by atoms with Crippen LogP contribution in [0.4, 0.5) is 0 Å². The van der Waals surface area contributed by atoms with Crippen LogP contribution in [0.1, 0.15) is 32.6 Å². The lowest BCUT2D eigenvalue weighted by Gasteiger charge is -2.18. The highest BCUT2D eigenvalue weighted by atomic mass is 16.5. The Labute approximate surface area is 107 Å². The van der Waals surface area contributed by atoms with Crippen molar-refractivity contribution >= 4 is 12.2 Å². The predicted octanol–water partition coefficient (Wildman–Crippen LogP) is 2.37. The summed E-state index contributed by atoms with van der Waals surface area (Å²) in [4.78, 5) is 12.1. The van der Waals surface area contributed by atoms with E-state index in [1.807, 2.05) is 6.92 Å². The number of carbonyl (C=O) groups is 1. The monoisotopic (exact) mass is 249 g/mol. The van der Waals surface area contributed by atoms with E-state index in [0.717, 1.165) is 6.42 Å². The van der Waals surface area contributed by atoms with E-state index in [4.69, 9.17) is 9.94 Å². The van der Waals surface area contributed by atoms with Gasteiger partial charge < -0.3 is 9.94 Å². The lowest BCUT2D eigenvalue weighted by Crippen LogP contribution is -2.21. The number of rotatable bonds is 3. The Bertz CT molecular complexity index is 427. The standard InChI is InChI=1S/C14H19NO3/c1-2-18-14(16)11-6-10(7-15-17)12-8-3-4-9(5-8)13(11)12/h7-11,17H,2-6H2,1H3/b15-7+/t8-,9+,10-,11-/m0/s1. The third-order valence-corrected chi connectivity index (χ3v) is 4.73. The number of hydrogen-bond donors (Lipinski definition) is 1. The van der Waals surface area contributed by atoms with Gasteiger partial charge in [0.05, 0.1) is 18.7 Å². The van der Waals surface area contributed by atoms with Crippen LogP contribution in [-0.2, 0) is 9.53 Å². The second-order valence-electron chi connectivity index (χ2n) is 5.53. The molecule has 0 unspecified atom stereocenters. The summed E-state index contributed by atoms with van der Waals surface area (Å²) in [6.07, 6.45) is 5.96. The summed E-state index contributed by atoms with van der Waals surface area (Å²) in [6.45, 7) is 2.28. The summed E-state index contributed by atoms with van der Waals surface area (Å²) in [5.41, 5.74) is 2.72. The Morgan fingerprint density at radius 2 is 2.11 bits per heavy atom. The van der Waals surface area contributed by atoms with Crippen LogP contribution in [0.5, 0.6) is 0 Å². The van der Waals surface area contributed by atoms with Gasteiger partial charge in [-0.3, -0.25) is 4.79 Å². The van der Waals surface area contributed by atoms with Crippen LogP contribution in [0.25, 0.3) is 0 Å². The van der Waals surface area contributed by atoms with Crippen molar-refractivity contribution in [2.24, 2.45) is 28.8 Å². The van der Waals surface area contributed by atoms with Crippen LogP contribution in [0.2, 0.25) is 0 Å². The van der Waals surface area contributed by atoms with Gasteiger partial charge in [-0.15, -0.1) is 5.16 Å². The fourth-order valence-corrected chi connectivity index (χ4v) is 4.22. The van der Waals surface area contributed by atoms with Crippen LogP contribution in [0.15, 0.2) is 16.3 Å². The van der Waals surface area contributed by atoms with E-state index in [1.165, 1.54) is 30.4 Å². The molecule has 0 spiro atoms. The topological polar surface area (TPSA) is 58.9 Å². The number of carbonyl (C=O) groups excluding carboxylic acids is 1. The molecule has 18 heavy (non-hydrogen) atoms. The summed E-state index contributed by atoms with van der Waals surface area (Å²) < 4.78 is 5.19. The molecule has 0 heterocycles. The smallest absolute Gasteiger partial charge is 0.313 e. The highest BCUT2D eigenvalue weighted by molar-refractivity contribution is 5.81. The number of hydrogen-bond acceptors (Lipinski definition) is 4. The van der Waals surface area contributed by atoms with Crippen LogP contribution in [0, 0.1) is 23.7 Å². The van der Waals surface area contributed by atoms with Gasteiger partial charge in [-0.1, -0.05) is 11.1 Å². The molecule has 0 aromatic heterocycles. The fourth-order valence-electron chi connectivity index (χ4n) is 4.22. The largest absolute Gasteiger partial charge is 0.466 e. The van der Waals surface area contributed by atoms with Crippen molar-refractivity contribution in [3.05, 3.63) is 11.1 Å². The SMILES string of the molecule is CCOC(=O)[C@H]1C[C@@H](/C=N/O)C2=C1[C@@H]1CC[C@H]2C1. The summed E-state index contributed by atoms with van der Waals surface area (Å²) in [6, 6.07) is 0. The predicted molar refractivity (Wildman–Crippen MR) is 66.4 cm³/mol. The summed E-state index contributed by atoms with van der Waals surface area (Å²) >= 11 is 0. The number of ether oxygens (including phenoxy) is 1. The molecule has 4 nitrogen and oxygen atoms in total. The molecule has 4 atom stereocenters. The Morgan fingerprint density at radius 3 is 2.78 bits per heavy atom. The molecule has 0 aromatic rings. The van der Waals surface area contributed by atoms with Crippen LogP contribution in [-0.4, -0.2) is 24.0 Å². The van der Waals surface area contributed by atoms with Crippen LogP contribution in [0.3, 0.4) is 0 Å². The Morgan fingerprint density at radius 1 is 1.39 bits per heavy atom. The average molecular weight is 249 g/mol. The van der Waals surface area contributed by atoms with Gasteiger partial charge in [0.1, 0.15) is 0 Å². The van der Waals surface area contributed by atoms with Gasteiger partial charge in [-0.2, -0.15) is 0 Å². The molecule has 1 saturated carbocycles. The van der Waals surface area contributed by atoms with Crippen molar-refractivity contribution in [2.75, 3.05) is 6.61 Å². The quantitative estimate of drug-likeness (QED) is 0.275. The van der Waals surface area contributed by atoms with Gasteiger partial charge in [0, 0.05) is 5.92 Å². The lowest BCUT2D eigenvalue weighted by molar-refractivity contribution is -0.146. The highest BCUT2D eigenvalue weighted by Crippen LogP contribution is 2.58. The third-order valence-electron chi connectivity index (χ3n) is 4.73. The third kappa shape index (κ3) is 1.58. The van der Waals surface area contributed by atoms with E-state index >= 15 is 0 Å². The first-order valence-electron chi connectivity index (χ1n) is 6.84. The number of oxime groups is 1. The molecule has 0 saturated heterocycles. The average Bonchev–Trinajstić information content (AvgIpc) is 3.01. The Hall–Kier alpha value is -1.32. The zero-order valence-corrected chi connectivity index (χ0v) is 10.6. The molecule has 0 amide bonds. The molecule has 2 bridgehead atoms. The first kappa shape index (κ1) is 11.8. The number of fused-ring (bicyclic) bond motifs is 4. The highest BCUT2D eigenvalue weighted by Gasteiger charge is 2.50. The minimum absolute atomic E-state index is 0.0850. The molecule has 3 aliphatic carbocycles. The molecule has 4 heteroatoms. The second-order valence-corrected chi connectivity index (χ2v) is 5.53. The van der Waals surface area contributed by atoms with Gasteiger partial charge in [-0.05, 0) is 44.4 Å². The summed E-state index contributed by atoms with van der Waals surface area (Å²) in [7, 11) is 0. The molecule has 3 rings (SSSR count). The maximum absolute atomic E-state index is 12.1. The van der Waals surface area contributed by atoms with Gasteiger partial charge in [0.15, 0.2) is 0 Å². The van der Waals surface area contributed by atoms with E-state index in [-0.39, 0.29) is 17.8 Å². The van der Waals surface area contributed by atoms with Crippen molar-refractivity contribution in [1.82, 2.24) is 0 Å². The molecule has 0 aliphatic heterocycles. The summed E-state index contributed by atoms with van der Waals surface area (Å²) in [5, 5.41) is 12.0. The van der Waals surface area contributed by atoms with Crippen molar-refractivity contribution in [3.63, 3.8) is 0 Å². The molecule has 1 fully saturated rings. The maximum atomic E-state index is 12.1. The van der Waals surface area contributed by atoms with Crippen molar-refractivity contribution < 1.29 is 14.7 Å². The minimum atomic E-state index is -0.0913. The summed E-state index contributed by atoms with van der Waals surface area (Å²) in [5.74, 6) is 1.17. The minimum Gasteiger partial charge on any atom is -0.466 e. The normalized spacial score (nSPS) is 37.6. The van der Waals surface area contributed by atoms with E-state index < -0.39 is 0 Å². The number of esters is 1. The second kappa shape index (κ2) is 4.41. The first-order valence-corrected chi connectivity index (χ1v) is 6.84. The molecule has 98 valence electrons. The molecule has 0 aromatic carbocycles. The van der Waals surface area contributed by atoms with E-state index in [0.29, 0.717) is 18.4 Å². The van der Waals surface area contributed by atoms with Crippen molar-refractivity contribution in [2.45, 2.75) is 32.6 Å². The van der Waals surface area contributed by atoms with E-state index in [2.05, 4.69) is 5.16 Å². The molecule has 3 aliphatic rings. The van der Waals surface area contributed by atoms with Gasteiger partial charge in [0.25, 0.3) is 0 Å². The van der Waals surface area contributed by atoms with Crippen molar-refractivity contribution in [1.29, 1.82) is 0 Å². The van der Waals surface area contributed by atoms with Gasteiger partial charge in [0.2, 0.25) is 0 Å². The number of allylic oxidation sites excluding steroid dienone is 1. The Balaban J connectivity index is 1.91. The molecular formula is C14H19NO3. The van der Waals surface area contributed by atoms with Crippen LogP contribution >= 0.6 is 0 Å². The Kier molecular flexibility index (Phi) is 2.88.